The summed E-state index contributed by atoms with van der Waals surface area (Å²) in [6, 6.07) is 0. The van der Waals surface area contributed by atoms with E-state index in [1.807, 2.05) is 20.8 Å². The fourth-order valence-corrected chi connectivity index (χ4v) is 4.61. The van der Waals surface area contributed by atoms with Gasteiger partial charge in [0.05, 0.1) is 12.5 Å². The molecule has 0 N–H and O–H groups in total. The van der Waals surface area contributed by atoms with E-state index in [4.69, 9.17) is 13.6 Å². The van der Waals surface area contributed by atoms with Gasteiger partial charge in [-0.25, -0.2) is 0 Å². The number of hydrogen-bond acceptors (Lipinski definition) is 5. The highest BCUT2D eigenvalue weighted by molar-refractivity contribution is 6.74. The molecule has 0 spiro atoms. The highest BCUT2D eigenvalue weighted by atomic mass is 28.4. The lowest BCUT2D eigenvalue weighted by atomic mass is 10.1. The summed E-state index contributed by atoms with van der Waals surface area (Å²) < 4.78 is 18.4. The molecule has 166 valence electrons. The minimum Gasteiger partial charge on any atom is -0.460 e. The summed E-state index contributed by atoms with van der Waals surface area (Å²) >= 11 is 0. The van der Waals surface area contributed by atoms with Crippen LogP contribution in [0, 0.1) is 0 Å². The monoisotopic (exact) mass is 432 g/mol. The SMILES string of the molecule is CC(C)(C)OC(=O)C[C@@H](O[Si](C)(C)C(C)(C)C)[C@@H](C=O)O[Si](C)(C)C(C)(C)C. The van der Waals surface area contributed by atoms with Gasteiger partial charge in [-0.15, -0.1) is 0 Å². The van der Waals surface area contributed by atoms with Crippen LogP contribution in [0.15, 0.2) is 0 Å². The first-order valence-electron chi connectivity index (χ1n) is 10.2. The molecule has 0 bridgehead atoms. The molecule has 2 atom stereocenters. The Bertz CT molecular complexity index is 536. The Kier molecular flexibility index (Phi) is 8.94. The van der Waals surface area contributed by atoms with Gasteiger partial charge in [0.15, 0.2) is 16.6 Å². The number of aldehydes is 1. The Labute approximate surface area is 175 Å². The summed E-state index contributed by atoms with van der Waals surface area (Å²) in [7, 11) is -4.44. The fourth-order valence-electron chi connectivity index (χ4n) is 2.04. The van der Waals surface area contributed by atoms with E-state index >= 15 is 0 Å². The first-order valence-corrected chi connectivity index (χ1v) is 16.0. The van der Waals surface area contributed by atoms with Gasteiger partial charge in [-0.2, -0.15) is 0 Å². The van der Waals surface area contributed by atoms with Crippen molar-refractivity contribution in [2.24, 2.45) is 0 Å². The lowest BCUT2D eigenvalue weighted by molar-refractivity contribution is -0.158. The van der Waals surface area contributed by atoms with Gasteiger partial charge in [0.25, 0.3) is 0 Å². The molecule has 0 unspecified atom stereocenters. The lowest BCUT2D eigenvalue weighted by Gasteiger charge is -2.43. The average Bonchev–Trinajstić information content (AvgIpc) is 2.39. The quantitative estimate of drug-likeness (QED) is 0.280. The summed E-state index contributed by atoms with van der Waals surface area (Å²) in [6.07, 6.45) is -0.644. The Morgan fingerprint density at radius 3 is 1.54 bits per heavy atom. The number of esters is 1. The van der Waals surface area contributed by atoms with Crippen molar-refractivity contribution >= 4 is 28.9 Å². The maximum Gasteiger partial charge on any atom is 0.309 e. The van der Waals surface area contributed by atoms with Gasteiger partial charge in [0.2, 0.25) is 0 Å². The Morgan fingerprint density at radius 1 is 0.821 bits per heavy atom. The Morgan fingerprint density at radius 2 is 1.21 bits per heavy atom. The molecule has 0 saturated heterocycles. The second-order valence-electron chi connectivity index (χ2n) is 11.7. The molecule has 0 aromatic carbocycles. The molecular weight excluding hydrogens is 388 g/mol. The number of carbonyl (C=O) groups excluding carboxylic acids is 2. The molecule has 0 amide bonds. The predicted molar refractivity (Wildman–Crippen MR) is 121 cm³/mol. The summed E-state index contributed by atoms with van der Waals surface area (Å²) in [5.74, 6) is -0.373. The van der Waals surface area contributed by atoms with Crippen LogP contribution < -0.4 is 0 Å². The average molecular weight is 433 g/mol. The zero-order valence-electron chi connectivity index (χ0n) is 20.5. The van der Waals surface area contributed by atoms with Gasteiger partial charge < -0.3 is 18.4 Å². The van der Waals surface area contributed by atoms with E-state index in [1.165, 1.54) is 0 Å². The standard InChI is InChI=1S/C21H44O5Si2/c1-19(2,3)24-18(23)14-16(25-27(10,11)20(4,5)6)17(15-22)26-28(12,13)21(7,8)9/h15-17H,14H2,1-13H3/t16-,17-/m1/s1. The van der Waals surface area contributed by atoms with Crippen molar-refractivity contribution in [3.05, 3.63) is 0 Å². The highest BCUT2D eigenvalue weighted by Gasteiger charge is 2.45. The van der Waals surface area contributed by atoms with Gasteiger partial charge >= 0.3 is 5.97 Å². The van der Waals surface area contributed by atoms with Crippen LogP contribution in [0.4, 0.5) is 0 Å². The van der Waals surface area contributed by atoms with Crippen molar-refractivity contribution < 1.29 is 23.2 Å². The van der Waals surface area contributed by atoms with E-state index in [2.05, 4.69) is 67.7 Å². The maximum absolute atomic E-state index is 12.5. The number of ether oxygens (including phenoxy) is 1. The third kappa shape index (κ3) is 8.47. The van der Waals surface area contributed by atoms with E-state index in [-0.39, 0.29) is 22.5 Å². The Hall–Kier alpha value is -0.506. The van der Waals surface area contributed by atoms with Gasteiger partial charge in [0.1, 0.15) is 18.0 Å². The number of rotatable bonds is 8. The van der Waals surface area contributed by atoms with Crippen LogP contribution in [0.5, 0.6) is 0 Å². The molecule has 0 aromatic rings. The molecular formula is C21H44O5Si2. The van der Waals surface area contributed by atoms with Crippen LogP contribution in [0.3, 0.4) is 0 Å². The van der Waals surface area contributed by atoms with Crippen molar-refractivity contribution in [3.63, 3.8) is 0 Å². The fraction of sp³-hybridized carbons (Fsp3) is 0.905. The molecule has 0 aromatic heterocycles. The van der Waals surface area contributed by atoms with Crippen LogP contribution >= 0.6 is 0 Å². The lowest BCUT2D eigenvalue weighted by Crippen LogP contribution is -2.53. The molecule has 7 heteroatoms. The van der Waals surface area contributed by atoms with Crippen molar-refractivity contribution in [1.29, 1.82) is 0 Å². The van der Waals surface area contributed by atoms with E-state index < -0.39 is 34.4 Å². The van der Waals surface area contributed by atoms with Crippen molar-refractivity contribution in [3.8, 4) is 0 Å². The van der Waals surface area contributed by atoms with Crippen molar-refractivity contribution in [1.82, 2.24) is 0 Å². The van der Waals surface area contributed by atoms with E-state index in [9.17, 15) is 9.59 Å². The number of carbonyl (C=O) groups is 2. The largest absolute Gasteiger partial charge is 0.460 e. The van der Waals surface area contributed by atoms with Crippen LogP contribution in [0.25, 0.3) is 0 Å². The molecule has 0 saturated carbocycles. The number of hydrogen-bond donors (Lipinski definition) is 0. The van der Waals surface area contributed by atoms with Crippen LogP contribution in [0.2, 0.25) is 36.3 Å². The smallest absolute Gasteiger partial charge is 0.309 e. The molecule has 5 nitrogen and oxygen atoms in total. The van der Waals surface area contributed by atoms with Crippen LogP contribution in [-0.4, -0.2) is 46.7 Å². The second kappa shape index (κ2) is 9.10. The molecule has 0 radical (unpaired) electrons. The zero-order chi connectivity index (χ0) is 22.8. The third-order valence-electron chi connectivity index (χ3n) is 5.78. The minimum atomic E-state index is -2.22. The van der Waals surface area contributed by atoms with Crippen molar-refractivity contribution in [2.75, 3.05) is 0 Å². The normalized spacial score (nSPS) is 16.5. The predicted octanol–water partition coefficient (Wildman–Crippen LogP) is 5.70. The summed E-state index contributed by atoms with van der Waals surface area (Å²) in [5.41, 5.74) is -0.588. The van der Waals surface area contributed by atoms with Gasteiger partial charge in [-0.1, -0.05) is 41.5 Å². The van der Waals surface area contributed by atoms with E-state index in [0.29, 0.717) is 0 Å². The highest BCUT2D eigenvalue weighted by Crippen LogP contribution is 2.40. The van der Waals surface area contributed by atoms with Crippen LogP contribution in [-0.2, 0) is 23.2 Å². The summed E-state index contributed by atoms with van der Waals surface area (Å²) in [4.78, 5) is 24.6. The van der Waals surface area contributed by atoms with Gasteiger partial charge in [-0.3, -0.25) is 4.79 Å². The zero-order valence-corrected chi connectivity index (χ0v) is 22.5. The Balaban J connectivity index is 5.79. The first-order chi connectivity index (χ1) is 12.1. The molecule has 0 rings (SSSR count). The van der Waals surface area contributed by atoms with Crippen LogP contribution in [0.1, 0.15) is 68.7 Å². The van der Waals surface area contributed by atoms with Gasteiger partial charge in [-0.05, 0) is 57.0 Å². The minimum absolute atomic E-state index is 0.00180. The molecule has 0 fully saturated rings. The molecule has 0 aliphatic carbocycles. The first kappa shape index (κ1) is 27.5. The van der Waals surface area contributed by atoms with E-state index in [0.717, 1.165) is 6.29 Å². The molecule has 0 aliphatic rings. The van der Waals surface area contributed by atoms with E-state index in [1.54, 1.807) is 0 Å². The van der Waals surface area contributed by atoms with Crippen molar-refractivity contribution in [2.45, 2.75) is 123 Å². The molecule has 28 heavy (non-hydrogen) atoms. The summed E-state index contributed by atoms with van der Waals surface area (Å²) in [5, 5.41) is -0.106. The summed E-state index contributed by atoms with van der Waals surface area (Å²) in [6.45, 7) is 26.7. The second-order valence-corrected chi connectivity index (χ2v) is 21.2. The maximum atomic E-state index is 12.5. The topological polar surface area (TPSA) is 61.8 Å². The third-order valence-corrected chi connectivity index (χ3v) is 14.8. The molecule has 0 aliphatic heterocycles. The molecule has 0 heterocycles. The van der Waals surface area contributed by atoms with Gasteiger partial charge in [0, 0.05) is 0 Å².